The number of aryl methyl sites for hydroxylation is 2. The van der Waals surface area contributed by atoms with E-state index in [1.807, 2.05) is 31.9 Å². The molecule has 3 aromatic rings. The van der Waals surface area contributed by atoms with E-state index in [1.165, 1.54) is 45.2 Å². The van der Waals surface area contributed by atoms with Crippen LogP contribution in [-0.4, -0.2) is 48.4 Å². The number of furan rings is 1. The van der Waals surface area contributed by atoms with E-state index in [0.717, 1.165) is 28.4 Å². The Morgan fingerprint density at radius 1 is 1.09 bits per heavy atom. The Hall–Kier alpha value is -2.60. The molecular formula is C26H32N2O4. The molecule has 2 fully saturated rings. The lowest BCUT2D eigenvalue weighted by Crippen LogP contribution is -2.51. The van der Waals surface area contributed by atoms with Crippen LogP contribution in [0, 0.1) is 19.8 Å². The average molecular weight is 437 g/mol. The summed E-state index contributed by atoms with van der Waals surface area (Å²) in [6, 6.07) is 4.36. The van der Waals surface area contributed by atoms with E-state index in [0.29, 0.717) is 28.7 Å². The van der Waals surface area contributed by atoms with E-state index >= 15 is 0 Å². The van der Waals surface area contributed by atoms with Gasteiger partial charge in [0.2, 0.25) is 5.91 Å². The molecule has 2 atom stereocenters. The van der Waals surface area contributed by atoms with Crippen molar-refractivity contribution >= 4 is 27.8 Å². The summed E-state index contributed by atoms with van der Waals surface area (Å²) >= 11 is 0. The lowest BCUT2D eigenvalue weighted by molar-refractivity contribution is -0.130. The minimum atomic E-state index is -0.435. The molecule has 32 heavy (non-hydrogen) atoms. The zero-order valence-electron chi connectivity index (χ0n) is 19.3. The van der Waals surface area contributed by atoms with Crippen molar-refractivity contribution in [3.05, 3.63) is 45.5 Å². The maximum Gasteiger partial charge on any atom is 0.340 e. The van der Waals surface area contributed by atoms with Gasteiger partial charge in [0.15, 0.2) is 0 Å². The highest BCUT2D eigenvalue weighted by Gasteiger charge is 2.34. The molecule has 6 heteroatoms. The maximum atomic E-state index is 13.1. The summed E-state index contributed by atoms with van der Waals surface area (Å²) in [5, 5.41) is 1.86. The molecule has 2 saturated heterocycles. The van der Waals surface area contributed by atoms with Crippen LogP contribution in [0.1, 0.15) is 48.8 Å². The van der Waals surface area contributed by atoms with E-state index in [9.17, 15) is 9.59 Å². The smallest absolute Gasteiger partial charge is 0.340 e. The van der Waals surface area contributed by atoms with Gasteiger partial charge in [0.25, 0.3) is 0 Å². The Morgan fingerprint density at radius 3 is 2.75 bits per heavy atom. The van der Waals surface area contributed by atoms with E-state index in [1.54, 1.807) is 12.3 Å². The molecule has 6 nitrogen and oxygen atoms in total. The number of rotatable bonds is 4. The Labute approximate surface area is 188 Å². The number of amides is 1. The molecule has 0 saturated carbocycles. The van der Waals surface area contributed by atoms with Gasteiger partial charge in [-0.15, -0.1) is 0 Å². The molecule has 1 aromatic carbocycles. The first-order chi connectivity index (χ1) is 15.4. The van der Waals surface area contributed by atoms with Crippen LogP contribution in [0.4, 0.5) is 0 Å². The quantitative estimate of drug-likeness (QED) is 0.567. The van der Waals surface area contributed by atoms with Crippen LogP contribution in [0.15, 0.2) is 32.0 Å². The van der Waals surface area contributed by atoms with Gasteiger partial charge in [-0.3, -0.25) is 4.79 Å². The van der Waals surface area contributed by atoms with E-state index < -0.39 is 5.63 Å². The van der Waals surface area contributed by atoms with Gasteiger partial charge in [-0.2, -0.15) is 0 Å². The molecule has 1 amide bonds. The topological polar surface area (TPSA) is 66.9 Å². The minimum Gasteiger partial charge on any atom is -0.464 e. The summed E-state index contributed by atoms with van der Waals surface area (Å²) in [6.07, 6.45) is 7.98. The molecular weight excluding hydrogens is 404 g/mol. The summed E-state index contributed by atoms with van der Waals surface area (Å²) in [7, 11) is 1.88. The molecule has 2 aromatic heterocycles. The fraction of sp³-hybridized carbons (Fsp3) is 0.538. The van der Waals surface area contributed by atoms with E-state index in [-0.39, 0.29) is 12.3 Å². The zero-order valence-corrected chi connectivity index (χ0v) is 19.3. The summed E-state index contributed by atoms with van der Waals surface area (Å²) in [5.74, 6) is 0.498. The summed E-state index contributed by atoms with van der Waals surface area (Å²) in [6.45, 7) is 7.04. The highest BCUT2D eigenvalue weighted by atomic mass is 16.4. The van der Waals surface area contributed by atoms with Gasteiger partial charge in [0.05, 0.1) is 18.2 Å². The number of carbonyl (C=O) groups excluding carboxylic acids is 1. The van der Waals surface area contributed by atoms with Crippen molar-refractivity contribution < 1.29 is 13.6 Å². The Bertz CT molecular complexity index is 1220. The predicted octanol–water partition coefficient (Wildman–Crippen LogP) is 4.42. The Kier molecular flexibility index (Phi) is 5.58. The fourth-order valence-electron chi connectivity index (χ4n) is 5.77. The van der Waals surface area contributed by atoms with Crippen molar-refractivity contribution in [1.82, 2.24) is 9.80 Å². The number of hydrogen-bond donors (Lipinski definition) is 0. The van der Waals surface area contributed by atoms with Crippen LogP contribution in [0.2, 0.25) is 0 Å². The lowest BCUT2D eigenvalue weighted by atomic mass is 9.83. The summed E-state index contributed by atoms with van der Waals surface area (Å²) < 4.78 is 11.1. The highest BCUT2D eigenvalue weighted by Crippen LogP contribution is 2.32. The standard InChI is InChI=1S/C26H32N2O4/c1-16-15-31-23-13-24-20(11-19(16)23)17(2)21(26(30)32-24)12-25(29)27(3)14-18-7-6-10-28-9-5-4-8-22(18)28/h11,13,15,18,22H,4-10,12,14H2,1-3H3. The van der Waals surface area contributed by atoms with Crippen molar-refractivity contribution in [2.24, 2.45) is 5.92 Å². The van der Waals surface area contributed by atoms with Gasteiger partial charge in [0.1, 0.15) is 11.2 Å². The molecule has 4 heterocycles. The number of carbonyl (C=O) groups is 1. The predicted molar refractivity (Wildman–Crippen MR) is 125 cm³/mol. The van der Waals surface area contributed by atoms with Crippen molar-refractivity contribution in [3.8, 4) is 0 Å². The van der Waals surface area contributed by atoms with Crippen LogP contribution in [0.3, 0.4) is 0 Å². The molecule has 0 aliphatic carbocycles. The van der Waals surface area contributed by atoms with Gasteiger partial charge in [-0.25, -0.2) is 4.79 Å². The normalized spacial score (nSPS) is 21.7. The third-order valence-corrected chi connectivity index (χ3v) is 7.67. The monoisotopic (exact) mass is 436 g/mol. The first-order valence-corrected chi connectivity index (χ1v) is 11.8. The second kappa shape index (κ2) is 8.39. The second-order valence-electron chi connectivity index (χ2n) is 9.71. The number of likely N-dealkylation sites (N-methyl/N-ethyl adjacent to an activating group) is 1. The fourth-order valence-corrected chi connectivity index (χ4v) is 5.77. The van der Waals surface area contributed by atoms with Crippen molar-refractivity contribution in [2.75, 3.05) is 26.7 Å². The van der Waals surface area contributed by atoms with Crippen LogP contribution in [0.5, 0.6) is 0 Å². The Morgan fingerprint density at radius 2 is 1.91 bits per heavy atom. The highest BCUT2D eigenvalue weighted by molar-refractivity contribution is 5.96. The minimum absolute atomic E-state index is 0.0201. The molecule has 2 aliphatic heterocycles. The van der Waals surface area contributed by atoms with Crippen molar-refractivity contribution in [3.63, 3.8) is 0 Å². The van der Waals surface area contributed by atoms with Gasteiger partial charge in [-0.1, -0.05) is 6.42 Å². The zero-order chi connectivity index (χ0) is 22.4. The van der Waals surface area contributed by atoms with Crippen LogP contribution < -0.4 is 5.63 Å². The van der Waals surface area contributed by atoms with Crippen molar-refractivity contribution in [1.29, 1.82) is 0 Å². The molecule has 170 valence electrons. The van der Waals surface area contributed by atoms with E-state index in [2.05, 4.69) is 4.90 Å². The molecule has 0 bridgehead atoms. The number of benzene rings is 1. The van der Waals surface area contributed by atoms with Crippen LogP contribution in [0.25, 0.3) is 21.9 Å². The second-order valence-corrected chi connectivity index (χ2v) is 9.71. The number of fused-ring (bicyclic) bond motifs is 3. The number of hydrogen-bond acceptors (Lipinski definition) is 5. The first-order valence-electron chi connectivity index (χ1n) is 11.8. The SMILES string of the molecule is Cc1coc2cc3oc(=O)c(CC(=O)N(C)CC4CCCN5CCCCC45)c(C)c3cc12. The van der Waals surface area contributed by atoms with Crippen molar-refractivity contribution in [2.45, 2.75) is 58.4 Å². The third-order valence-electron chi connectivity index (χ3n) is 7.67. The molecule has 0 N–H and O–H groups in total. The first kappa shape index (κ1) is 21.3. The summed E-state index contributed by atoms with van der Waals surface area (Å²) in [4.78, 5) is 30.3. The van der Waals surface area contributed by atoms with Crippen LogP contribution in [-0.2, 0) is 11.2 Å². The third kappa shape index (κ3) is 3.75. The molecule has 0 spiro atoms. The summed E-state index contributed by atoms with van der Waals surface area (Å²) in [5.41, 5.74) is 3.07. The molecule has 5 rings (SSSR count). The van der Waals surface area contributed by atoms with Gasteiger partial charge in [0, 0.05) is 36.5 Å². The van der Waals surface area contributed by atoms with Crippen LogP contribution >= 0.6 is 0 Å². The largest absolute Gasteiger partial charge is 0.464 e. The van der Waals surface area contributed by atoms with Gasteiger partial charge < -0.3 is 18.6 Å². The Balaban J connectivity index is 1.37. The van der Waals surface area contributed by atoms with Gasteiger partial charge in [-0.05, 0) is 75.7 Å². The number of nitrogens with zero attached hydrogens (tertiary/aromatic N) is 2. The molecule has 0 radical (unpaired) electrons. The maximum absolute atomic E-state index is 13.1. The van der Waals surface area contributed by atoms with Gasteiger partial charge >= 0.3 is 5.63 Å². The molecule has 2 aliphatic rings. The lowest BCUT2D eigenvalue weighted by Gasteiger charge is -2.45. The number of piperidine rings is 2. The van der Waals surface area contributed by atoms with E-state index in [4.69, 9.17) is 8.83 Å². The average Bonchev–Trinajstić information content (AvgIpc) is 3.15. The molecule has 2 unspecified atom stereocenters.